The normalized spacial score (nSPS) is 18.4. The standard InChI is InChI=1S/C25H28N8O2/c1-16-13-27-24(31-23(16)28-17-5-7-21-20(12-17)30-25(34)35-21)29-18-6-8-22(26-14-18)33-11-10-32-9-3-2-4-19(32)15-33/h5-8,12-14,19H,2-4,9-11,15H2,1H3,(H,30,34)(H2,27,28,29,31). The first-order chi connectivity index (χ1) is 17.1. The number of anilines is 5. The SMILES string of the molecule is Cc1cnc(Nc2ccc(N3CCN4CCCCC4C3)nc2)nc1Nc1ccc2oc(=O)[nH]c2c1. The van der Waals surface area contributed by atoms with E-state index in [0.29, 0.717) is 28.9 Å². The van der Waals surface area contributed by atoms with E-state index in [1.807, 2.05) is 31.3 Å². The fraction of sp³-hybridized carbons (Fsp3) is 0.360. The second kappa shape index (κ2) is 9.03. The Kier molecular flexibility index (Phi) is 5.57. The summed E-state index contributed by atoms with van der Waals surface area (Å²) in [6, 6.07) is 10.1. The highest BCUT2D eigenvalue weighted by Crippen LogP contribution is 2.26. The number of oxazole rings is 1. The molecule has 0 bridgehead atoms. The van der Waals surface area contributed by atoms with Gasteiger partial charge in [-0.2, -0.15) is 4.98 Å². The van der Waals surface area contributed by atoms with Gasteiger partial charge in [-0.05, 0) is 56.6 Å². The molecule has 3 aromatic heterocycles. The van der Waals surface area contributed by atoms with Crippen LogP contribution in [0.4, 0.5) is 29.0 Å². The third-order valence-electron chi connectivity index (χ3n) is 6.82. The number of aromatic amines is 1. The molecule has 0 aliphatic carbocycles. The predicted molar refractivity (Wildman–Crippen MR) is 136 cm³/mol. The average molecular weight is 473 g/mol. The minimum Gasteiger partial charge on any atom is -0.408 e. The Hall–Kier alpha value is -3.92. The predicted octanol–water partition coefficient (Wildman–Crippen LogP) is 3.78. The van der Waals surface area contributed by atoms with Crippen LogP contribution in [0.25, 0.3) is 11.1 Å². The van der Waals surface area contributed by atoms with Gasteiger partial charge < -0.3 is 20.0 Å². The van der Waals surface area contributed by atoms with Crippen molar-refractivity contribution < 1.29 is 4.42 Å². The van der Waals surface area contributed by atoms with E-state index in [1.54, 1.807) is 12.3 Å². The number of nitrogens with zero attached hydrogens (tertiary/aromatic N) is 5. The molecule has 0 spiro atoms. The summed E-state index contributed by atoms with van der Waals surface area (Å²) < 4.78 is 5.07. The summed E-state index contributed by atoms with van der Waals surface area (Å²) in [6.07, 6.45) is 7.54. The van der Waals surface area contributed by atoms with Crippen molar-refractivity contribution in [3.63, 3.8) is 0 Å². The van der Waals surface area contributed by atoms with Crippen LogP contribution in [-0.4, -0.2) is 57.1 Å². The van der Waals surface area contributed by atoms with Crippen molar-refractivity contribution in [1.82, 2.24) is 24.8 Å². The molecule has 1 atom stereocenters. The van der Waals surface area contributed by atoms with Crippen molar-refractivity contribution in [3.05, 3.63) is 58.8 Å². The highest BCUT2D eigenvalue weighted by molar-refractivity contribution is 5.78. The summed E-state index contributed by atoms with van der Waals surface area (Å²) in [7, 11) is 0. The number of benzene rings is 1. The molecular formula is C25H28N8O2. The molecule has 0 radical (unpaired) electrons. The Morgan fingerprint density at radius 3 is 2.83 bits per heavy atom. The Bertz CT molecular complexity index is 1400. The van der Waals surface area contributed by atoms with Crippen LogP contribution in [0.15, 0.2) is 51.9 Å². The van der Waals surface area contributed by atoms with Gasteiger partial charge in [0.25, 0.3) is 0 Å². The van der Waals surface area contributed by atoms with Crippen molar-refractivity contribution in [1.29, 1.82) is 0 Å². The summed E-state index contributed by atoms with van der Waals surface area (Å²) >= 11 is 0. The lowest BCUT2D eigenvalue weighted by atomic mass is 9.99. The molecule has 2 saturated heterocycles. The van der Waals surface area contributed by atoms with Gasteiger partial charge >= 0.3 is 5.76 Å². The van der Waals surface area contributed by atoms with Gasteiger partial charge in [-0.1, -0.05) is 6.42 Å². The van der Waals surface area contributed by atoms with Gasteiger partial charge in [-0.3, -0.25) is 9.88 Å². The van der Waals surface area contributed by atoms with Crippen LogP contribution in [0.3, 0.4) is 0 Å². The number of H-pyrrole nitrogens is 1. The van der Waals surface area contributed by atoms with Crippen LogP contribution >= 0.6 is 0 Å². The third-order valence-corrected chi connectivity index (χ3v) is 6.82. The maximum Gasteiger partial charge on any atom is 0.417 e. The molecule has 10 nitrogen and oxygen atoms in total. The number of piperazine rings is 1. The Morgan fingerprint density at radius 2 is 1.94 bits per heavy atom. The minimum atomic E-state index is -0.474. The van der Waals surface area contributed by atoms with E-state index in [1.165, 1.54) is 25.8 Å². The van der Waals surface area contributed by atoms with Crippen LogP contribution < -0.4 is 21.3 Å². The smallest absolute Gasteiger partial charge is 0.408 e. The van der Waals surface area contributed by atoms with E-state index < -0.39 is 5.76 Å². The molecule has 1 unspecified atom stereocenters. The van der Waals surface area contributed by atoms with E-state index in [2.05, 4.69) is 41.5 Å². The number of hydrogen-bond acceptors (Lipinski definition) is 9. The number of hydrogen-bond donors (Lipinski definition) is 3. The average Bonchev–Trinajstić information content (AvgIpc) is 3.25. The zero-order valence-electron chi connectivity index (χ0n) is 19.6. The number of pyridine rings is 1. The van der Waals surface area contributed by atoms with Crippen LogP contribution in [0.1, 0.15) is 24.8 Å². The molecule has 10 heteroatoms. The summed E-state index contributed by atoms with van der Waals surface area (Å²) in [5.74, 6) is 1.68. The number of fused-ring (bicyclic) bond motifs is 2. The Morgan fingerprint density at radius 1 is 1.03 bits per heavy atom. The van der Waals surface area contributed by atoms with E-state index in [4.69, 9.17) is 9.40 Å². The van der Waals surface area contributed by atoms with Gasteiger partial charge in [-0.15, -0.1) is 0 Å². The topological polar surface area (TPSA) is 115 Å². The molecule has 6 rings (SSSR count). The quantitative estimate of drug-likeness (QED) is 0.399. The van der Waals surface area contributed by atoms with Gasteiger partial charge in [0.05, 0.1) is 17.4 Å². The van der Waals surface area contributed by atoms with Crippen molar-refractivity contribution in [2.24, 2.45) is 0 Å². The van der Waals surface area contributed by atoms with E-state index in [0.717, 1.165) is 42.4 Å². The molecule has 180 valence electrons. The number of aromatic nitrogens is 4. The van der Waals surface area contributed by atoms with E-state index >= 15 is 0 Å². The molecule has 0 amide bonds. The fourth-order valence-corrected chi connectivity index (χ4v) is 4.94. The van der Waals surface area contributed by atoms with E-state index in [-0.39, 0.29) is 0 Å². The highest BCUT2D eigenvalue weighted by Gasteiger charge is 2.29. The summed E-state index contributed by atoms with van der Waals surface area (Å²) in [6.45, 7) is 6.36. The highest BCUT2D eigenvalue weighted by atomic mass is 16.4. The van der Waals surface area contributed by atoms with Gasteiger partial charge in [0.2, 0.25) is 5.95 Å². The number of aryl methyl sites for hydroxylation is 1. The molecule has 35 heavy (non-hydrogen) atoms. The summed E-state index contributed by atoms with van der Waals surface area (Å²) in [5.41, 5.74) is 3.65. The second-order valence-corrected chi connectivity index (χ2v) is 9.24. The van der Waals surface area contributed by atoms with Crippen molar-refractivity contribution in [3.8, 4) is 0 Å². The molecule has 5 heterocycles. The van der Waals surface area contributed by atoms with Gasteiger partial charge in [0.15, 0.2) is 5.58 Å². The van der Waals surface area contributed by atoms with Crippen molar-refractivity contribution in [2.75, 3.05) is 41.7 Å². The summed E-state index contributed by atoms with van der Waals surface area (Å²) in [5, 5.41) is 6.55. The van der Waals surface area contributed by atoms with Gasteiger partial charge in [-0.25, -0.2) is 14.8 Å². The zero-order valence-corrected chi connectivity index (χ0v) is 19.6. The minimum absolute atomic E-state index is 0.473. The first-order valence-corrected chi connectivity index (χ1v) is 12.1. The van der Waals surface area contributed by atoms with Crippen molar-refractivity contribution >= 4 is 40.1 Å². The Balaban J connectivity index is 1.14. The monoisotopic (exact) mass is 472 g/mol. The lowest BCUT2D eigenvalue weighted by molar-refractivity contribution is 0.133. The van der Waals surface area contributed by atoms with Crippen LogP contribution in [-0.2, 0) is 0 Å². The maximum atomic E-state index is 11.4. The zero-order chi connectivity index (χ0) is 23.8. The summed E-state index contributed by atoms with van der Waals surface area (Å²) in [4.78, 5) is 32.9. The van der Waals surface area contributed by atoms with Gasteiger partial charge in [0, 0.05) is 43.1 Å². The van der Waals surface area contributed by atoms with E-state index in [9.17, 15) is 4.79 Å². The Labute approximate surface area is 202 Å². The van der Waals surface area contributed by atoms with Gasteiger partial charge in [0.1, 0.15) is 11.6 Å². The first-order valence-electron chi connectivity index (χ1n) is 12.1. The largest absolute Gasteiger partial charge is 0.417 e. The fourth-order valence-electron chi connectivity index (χ4n) is 4.94. The van der Waals surface area contributed by atoms with Crippen LogP contribution in [0.2, 0.25) is 0 Å². The molecule has 1 aromatic carbocycles. The molecule has 0 saturated carbocycles. The number of nitrogens with one attached hydrogen (secondary N) is 3. The lowest BCUT2D eigenvalue weighted by Gasteiger charge is -2.44. The second-order valence-electron chi connectivity index (χ2n) is 9.24. The lowest BCUT2D eigenvalue weighted by Crippen LogP contribution is -2.55. The molecule has 2 aliphatic heterocycles. The number of rotatable bonds is 5. The first kappa shape index (κ1) is 21.6. The van der Waals surface area contributed by atoms with Crippen LogP contribution in [0, 0.1) is 6.92 Å². The maximum absolute atomic E-state index is 11.4. The molecule has 2 fully saturated rings. The molecular weight excluding hydrogens is 444 g/mol. The molecule has 4 aromatic rings. The van der Waals surface area contributed by atoms with Crippen LogP contribution in [0.5, 0.6) is 0 Å². The number of piperidine rings is 1. The van der Waals surface area contributed by atoms with Crippen molar-refractivity contribution in [2.45, 2.75) is 32.2 Å². The molecule has 2 aliphatic rings. The third kappa shape index (κ3) is 4.57. The molecule has 3 N–H and O–H groups in total.